The molecule has 1 amide bonds. The van der Waals surface area contributed by atoms with Crippen LogP contribution in [0, 0.1) is 0 Å². The molecule has 2 rings (SSSR count). The fourth-order valence-corrected chi connectivity index (χ4v) is 2.22. The maximum absolute atomic E-state index is 12.0. The lowest BCUT2D eigenvalue weighted by Gasteiger charge is -2.24. The van der Waals surface area contributed by atoms with Crippen molar-refractivity contribution in [1.29, 1.82) is 0 Å². The Kier molecular flexibility index (Phi) is 5.71. The molecule has 1 aromatic carbocycles. The quantitative estimate of drug-likeness (QED) is 0.696. The van der Waals surface area contributed by atoms with Crippen LogP contribution >= 0.6 is 0 Å². The normalized spacial score (nSPS) is 19.7. The topological polar surface area (TPSA) is 87.7 Å². The molecule has 0 saturated carbocycles. The van der Waals surface area contributed by atoms with Crippen molar-refractivity contribution in [3.8, 4) is 0 Å². The molecule has 6 nitrogen and oxygen atoms in total. The highest BCUT2D eigenvalue weighted by molar-refractivity contribution is 5.87. The van der Waals surface area contributed by atoms with Gasteiger partial charge in [0, 0.05) is 6.54 Å². The maximum Gasteiger partial charge on any atom is 0.326 e. The van der Waals surface area contributed by atoms with Gasteiger partial charge < -0.3 is 20.5 Å². The number of benzene rings is 1. The van der Waals surface area contributed by atoms with Gasteiger partial charge in [0.25, 0.3) is 0 Å². The van der Waals surface area contributed by atoms with Crippen LogP contribution in [-0.2, 0) is 20.7 Å². The fourth-order valence-electron chi connectivity index (χ4n) is 2.22. The van der Waals surface area contributed by atoms with Gasteiger partial charge >= 0.3 is 5.97 Å². The zero-order chi connectivity index (χ0) is 15.1. The van der Waals surface area contributed by atoms with Gasteiger partial charge in [-0.1, -0.05) is 30.3 Å². The van der Waals surface area contributed by atoms with E-state index in [9.17, 15) is 14.7 Å². The number of hydrogen-bond donors (Lipinski definition) is 3. The van der Waals surface area contributed by atoms with Gasteiger partial charge in [0.15, 0.2) is 0 Å². The molecule has 1 unspecified atom stereocenters. The third-order valence-corrected chi connectivity index (χ3v) is 3.42. The average molecular weight is 292 g/mol. The van der Waals surface area contributed by atoms with Crippen LogP contribution < -0.4 is 10.6 Å². The standard InChI is InChI=1S/C15H20N2O4/c18-14(13-10-21-9-8-16-13)17-12(15(19)20)7-6-11-4-2-1-3-5-11/h1-5,12-13,16H,6-10H2,(H,17,18)(H,19,20)/t12-,13?/m0/s1. The van der Waals surface area contributed by atoms with E-state index in [1.165, 1.54) is 0 Å². The van der Waals surface area contributed by atoms with Crippen molar-refractivity contribution in [3.63, 3.8) is 0 Å². The van der Waals surface area contributed by atoms with Gasteiger partial charge in [0.1, 0.15) is 12.1 Å². The molecule has 1 aromatic rings. The molecule has 1 aliphatic rings. The lowest BCUT2D eigenvalue weighted by molar-refractivity contribution is -0.142. The van der Waals surface area contributed by atoms with Gasteiger partial charge in [-0.25, -0.2) is 4.79 Å². The van der Waals surface area contributed by atoms with Crippen LogP contribution in [0.3, 0.4) is 0 Å². The molecule has 0 aliphatic carbocycles. The zero-order valence-corrected chi connectivity index (χ0v) is 11.7. The number of morpholine rings is 1. The Labute approximate surface area is 123 Å². The predicted molar refractivity (Wildman–Crippen MR) is 76.9 cm³/mol. The van der Waals surface area contributed by atoms with Gasteiger partial charge in [-0.3, -0.25) is 4.79 Å². The highest BCUT2D eigenvalue weighted by atomic mass is 16.5. The predicted octanol–water partition coefficient (Wildman–Crippen LogP) is 0.177. The molecular weight excluding hydrogens is 272 g/mol. The minimum absolute atomic E-state index is 0.275. The van der Waals surface area contributed by atoms with Crippen molar-refractivity contribution in [1.82, 2.24) is 10.6 Å². The molecule has 1 saturated heterocycles. The molecule has 21 heavy (non-hydrogen) atoms. The third kappa shape index (κ3) is 4.84. The molecule has 0 spiro atoms. The molecule has 1 heterocycles. The van der Waals surface area contributed by atoms with Gasteiger partial charge in [-0.05, 0) is 18.4 Å². The van der Waals surface area contributed by atoms with Crippen LogP contribution in [0.25, 0.3) is 0 Å². The van der Waals surface area contributed by atoms with E-state index >= 15 is 0 Å². The fraction of sp³-hybridized carbons (Fsp3) is 0.467. The van der Waals surface area contributed by atoms with E-state index in [1.54, 1.807) is 0 Å². The van der Waals surface area contributed by atoms with Gasteiger partial charge in [-0.2, -0.15) is 0 Å². The van der Waals surface area contributed by atoms with Gasteiger partial charge in [-0.15, -0.1) is 0 Å². The van der Waals surface area contributed by atoms with Crippen molar-refractivity contribution >= 4 is 11.9 Å². The Hall–Kier alpha value is -1.92. The molecule has 3 N–H and O–H groups in total. The molecule has 114 valence electrons. The number of nitrogens with one attached hydrogen (secondary N) is 2. The van der Waals surface area contributed by atoms with Crippen LogP contribution in [0.15, 0.2) is 30.3 Å². The average Bonchev–Trinajstić information content (AvgIpc) is 2.52. The highest BCUT2D eigenvalue weighted by Gasteiger charge is 2.26. The number of hydrogen-bond acceptors (Lipinski definition) is 4. The van der Waals surface area contributed by atoms with Crippen LogP contribution in [0.2, 0.25) is 0 Å². The monoisotopic (exact) mass is 292 g/mol. The summed E-state index contributed by atoms with van der Waals surface area (Å²) in [5, 5.41) is 14.8. The Morgan fingerprint density at radius 2 is 2.14 bits per heavy atom. The number of aryl methyl sites for hydroxylation is 1. The maximum atomic E-state index is 12.0. The summed E-state index contributed by atoms with van der Waals surface area (Å²) in [6.07, 6.45) is 0.964. The largest absolute Gasteiger partial charge is 0.480 e. The van der Waals surface area contributed by atoms with Gasteiger partial charge in [0.05, 0.1) is 13.2 Å². The first-order valence-corrected chi connectivity index (χ1v) is 7.05. The Morgan fingerprint density at radius 1 is 1.38 bits per heavy atom. The molecular formula is C15H20N2O4. The second kappa shape index (κ2) is 7.75. The summed E-state index contributed by atoms with van der Waals surface area (Å²) < 4.78 is 5.20. The number of carboxylic acids is 1. The van der Waals surface area contributed by atoms with E-state index in [1.807, 2.05) is 30.3 Å². The zero-order valence-electron chi connectivity index (χ0n) is 11.7. The number of carboxylic acid groups (broad SMARTS) is 1. The smallest absolute Gasteiger partial charge is 0.326 e. The van der Waals surface area contributed by atoms with E-state index < -0.39 is 18.1 Å². The van der Waals surface area contributed by atoms with Gasteiger partial charge in [0.2, 0.25) is 5.91 Å². The molecule has 2 atom stereocenters. The van der Waals surface area contributed by atoms with Crippen LogP contribution in [0.5, 0.6) is 0 Å². The molecule has 1 fully saturated rings. The van der Waals surface area contributed by atoms with E-state index in [2.05, 4.69) is 10.6 Å². The summed E-state index contributed by atoms with van der Waals surface area (Å²) in [6.45, 7) is 1.44. The molecule has 1 aliphatic heterocycles. The number of carbonyl (C=O) groups is 2. The first-order valence-electron chi connectivity index (χ1n) is 7.05. The Bertz CT molecular complexity index is 472. The van der Waals surface area contributed by atoms with Crippen molar-refractivity contribution in [3.05, 3.63) is 35.9 Å². The first kappa shape index (κ1) is 15.5. The Balaban J connectivity index is 1.86. The lowest BCUT2D eigenvalue weighted by atomic mass is 10.0. The second-order valence-corrected chi connectivity index (χ2v) is 5.01. The van der Waals surface area contributed by atoms with E-state index in [0.717, 1.165) is 5.56 Å². The van der Waals surface area contributed by atoms with Crippen LogP contribution in [0.1, 0.15) is 12.0 Å². The van der Waals surface area contributed by atoms with Crippen molar-refractivity contribution < 1.29 is 19.4 Å². The minimum atomic E-state index is -1.02. The minimum Gasteiger partial charge on any atom is -0.480 e. The van der Waals surface area contributed by atoms with Crippen molar-refractivity contribution in [2.45, 2.75) is 24.9 Å². The molecule has 0 radical (unpaired) electrons. The number of carbonyl (C=O) groups excluding carboxylic acids is 1. The number of aliphatic carboxylic acids is 1. The molecule has 0 aromatic heterocycles. The SMILES string of the molecule is O=C(N[C@@H](CCc1ccccc1)C(=O)O)C1COCCN1. The third-order valence-electron chi connectivity index (χ3n) is 3.42. The van der Waals surface area contributed by atoms with Crippen molar-refractivity contribution in [2.75, 3.05) is 19.8 Å². The Morgan fingerprint density at radius 3 is 2.76 bits per heavy atom. The molecule has 0 bridgehead atoms. The molecule has 6 heteroatoms. The second-order valence-electron chi connectivity index (χ2n) is 5.01. The number of ether oxygens (including phenoxy) is 1. The van der Waals surface area contributed by atoms with Crippen molar-refractivity contribution in [2.24, 2.45) is 0 Å². The summed E-state index contributed by atoms with van der Waals surface area (Å²) in [4.78, 5) is 23.3. The lowest BCUT2D eigenvalue weighted by Crippen LogP contribution is -2.54. The van der Waals surface area contributed by atoms with E-state index in [0.29, 0.717) is 26.0 Å². The summed E-state index contributed by atoms with van der Waals surface area (Å²) in [5.74, 6) is -1.34. The van der Waals surface area contributed by atoms with Crippen LogP contribution in [0.4, 0.5) is 0 Å². The first-order chi connectivity index (χ1) is 10.2. The number of amides is 1. The number of rotatable bonds is 6. The summed E-state index contributed by atoms with van der Waals surface area (Å²) in [6, 6.07) is 8.25. The van der Waals surface area contributed by atoms with E-state index in [4.69, 9.17) is 4.74 Å². The summed E-state index contributed by atoms with van der Waals surface area (Å²) in [5.41, 5.74) is 1.05. The summed E-state index contributed by atoms with van der Waals surface area (Å²) in [7, 11) is 0. The summed E-state index contributed by atoms with van der Waals surface area (Å²) >= 11 is 0. The van der Waals surface area contributed by atoms with E-state index in [-0.39, 0.29) is 12.5 Å². The highest BCUT2D eigenvalue weighted by Crippen LogP contribution is 2.06. The van der Waals surface area contributed by atoms with Crippen LogP contribution in [-0.4, -0.2) is 48.8 Å².